The maximum absolute atomic E-state index is 5.95. The molecule has 2 aromatic rings. The molecule has 5 nitrogen and oxygen atoms in total. The standard InChI is InChI=1S/C15H20BrN5/c1-11-15(10-20-8-6-13(17)7-9-20)18-19-21(11)14-4-2-12(16)3-5-14/h2-5,13H,6-10,17H2,1H3. The van der Waals surface area contributed by atoms with Crippen molar-refractivity contribution in [3.63, 3.8) is 0 Å². The minimum atomic E-state index is 0.362. The van der Waals surface area contributed by atoms with Crippen LogP contribution < -0.4 is 5.73 Å². The van der Waals surface area contributed by atoms with Crippen LogP contribution in [0.25, 0.3) is 5.69 Å². The van der Waals surface area contributed by atoms with Crippen LogP contribution in [0.2, 0.25) is 0 Å². The Morgan fingerprint density at radius 1 is 1.24 bits per heavy atom. The molecule has 1 aromatic carbocycles. The van der Waals surface area contributed by atoms with Crippen molar-refractivity contribution in [3.05, 3.63) is 40.1 Å². The molecular formula is C15H20BrN5. The quantitative estimate of drug-likeness (QED) is 0.923. The third-order valence-electron chi connectivity index (χ3n) is 4.07. The first kappa shape index (κ1) is 14.7. The first-order valence-corrected chi connectivity index (χ1v) is 8.08. The minimum Gasteiger partial charge on any atom is -0.328 e. The van der Waals surface area contributed by atoms with E-state index in [1.54, 1.807) is 0 Å². The van der Waals surface area contributed by atoms with Crippen molar-refractivity contribution in [3.8, 4) is 5.69 Å². The Bertz CT molecular complexity index is 599. The number of halogens is 1. The summed E-state index contributed by atoms with van der Waals surface area (Å²) in [7, 11) is 0. The van der Waals surface area contributed by atoms with Gasteiger partial charge in [-0.1, -0.05) is 21.1 Å². The van der Waals surface area contributed by atoms with Crippen molar-refractivity contribution in [2.24, 2.45) is 5.73 Å². The van der Waals surface area contributed by atoms with Crippen LogP contribution in [0.1, 0.15) is 24.2 Å². The number of aromatic nitrogens is 3. The topological polar surface area (TPSA) is 60.0 Å². The SMILES string of the molecule is Cc1c(CN2CCC(N)CC2)nnn1-c1ccc(Br)cc1. The molecule has 1 aromatic heterocycles. The second-order valence-corrected chi connectivity index (χ2v) is 6.54. The van der Waals surface area contributed by atoms with Crippen molar-refractivity contribution in [2.45, 2.75) is 32.4 Å². The predicted molar refractivity (Wildman–Crippen MR) is 86.3 cm³/mol. The maximum Gasteiger partial charge on any atom is 0.100 e. The van der Waals surface area contributed by atoms with Gasteiger partial charge in [-0.3, -0.25) is 4.90 Å². The van der Waals surface area contributed by atoms with Crippen LogP contribution >= 0.6 is 15.9 Å². The summed E-state index contributed by atoms with van der Waals surface area (Å²) in [5, 5.41) is 8.65. The van der Waals surface area contributed by atoms with Gasteiger partial charge in [-0.05, 0) is 44.0 Å². The average molecular weight is 350 g/mol. The molecule has 1 aliphatic rings. The molecule has 112 valence electrons. The van der Waals surface area contributed by atoms with Crippen LogP contribution in [0.5, 0.6) is 0 Å². The van der Waals surface area contributed by atoms with Gasteiger partial charge in [0, 0.05) is 30.1 Å². The van der Waals surface area contributed by atoms with E-state index in [9.17, 15) is 0 Å². The van der Waals surface area contributed by atoms with Gasteiger partial charge in [-0.25, -0.2) is 4.68 Å². The van der Waals surface area contributed by atoms with E-state index in [0.717, 1.165) is 54.0 Å². The summed E-state index contributed by atoms with van der Waals surface area (Å²) >= 11 is 3.45. The largest absolute Gasteiger partial charge is 0.328 e. The highest BCUT2D eigenvalue weighted by atomic mass is 79.9. The third-order valence-corrected chi connectivity index (χ3v) is 4.60. The molecule has 0 saturated carbocycles. The van der Waals surface area contributed by atoms with E-state index < -0.39 is 0 Å². The number of nitrogens with zero attached hydrogens (tertiary/aromatic N) is 4. The van der Waals surface area contributed by atoms with Crippen molar-refractivity contribution >= 4 is 15.9 Å². The lowest BCUT2D eigenvalue weighted by atomic mass is 10.1. The second kappa shape index (κ2) is 6.25. The molecule has 21 heavy (non-hydrogen) atoms. The van der Waals surface area contributed by atoms with Gasteiger partial charge in [-0.15, -0.1) is 5.10 Å². The Morgan fingerprint density at radius 3 is 2.57 bits per heavy atom. The van der Waals surface area contributed by atoms with Crippen LogP contribution in [0.4, 0.5) is 0 Å². The Kier molecular flexibility index (Phi) is 4.37. The van der Waals surface area contributed by atoms with Gasteiger partial charge in [0.05, 0.1) is 11.4 Å². The highest BCUT2D eigenvalue weighted by Crippen LogP contribution is 2.18. The van der Waals surface area contributed by atoms with Crippen LogP contribution in [0.15, 0.2) is 28.7 Å². The molecule has 3 rings (SSSR count). The molecule has 1 saturated heterocycles. The van der Waals surface area contributed by atoms with Crippen molar-refractivity contribution in [1.82, 2.24) is 19.9 Å². The van der Waals surface area contributed by atoms with Crippen molar-refractivity contribution in [1.29, 1.82) is 0 Å². The van der Waals surface area contributed by atoms with Gasteiger partial charge in [0.25, 0.3) is 0 Å². The van der Waals surface area contributed by atoms with Gasteiger partial charge in [0.15, 0.2) is 0 Å². The van der Waals surface area contributed by atoms with E-state index in [1.165, 1.54) is 0 Å². The average Bonchev–Trinajstić information content (AvgIpc) is 2.84. The van der Waals surface area contributed by atoms with E-state index in [-0.39, 0.29) is 0 Å². The molecule has 0 atom stereocenters. The smallest absolute Gasteiger partial charge is 0.100 e. The zero-order valence-electron chi connectivity index (χ0n) is 12.2. The molecule has 2 N–H and O–H groups in total. The molecule has 0 amide bonds. The maximum atomic E-state index is 5.95. The number of piperidine rings is 1. The number of nitrogens with two attached hydrogens (primary N) is 1. The van der Waals surface area contributed by atoms with Gasteiger partial charge in [0.1, 0.15) is 5.69 Å². The number of likely N-dealkylation sites (tertiary alicyclic amines) is 1. The van der Waals surface area contributed by atoms with Gasteiger partial charge in [-0.2, -0.15) is 0 Å². The van der Waals surface area contributed by atoms with Crippen molar-refractivity contribution < 1.29 is 0 Å². The van der Waals surface area contributed by atoms with E-state index in [2.05, 4.69) is 38.1 Å². The van der Waals surface area contributed by atoms with E-state index >= 15 is 0 Å². The number of benzene rings is 1. The zero-order chi connectivity index (χ0) is 14.8. The lowest BCUT2D eigenvalue weighted by molar-refractivity contribution is 0.203. The second-order valence-electron chi connectivity index (χ2n) is 5.62. The highest BCUT2D eigenvalue weighted by molar-refractivity contribution is 9.10. The molecule has 6 heteroatoms. The molecule has 0 spiro atoms. The van der Waals surface area contributed by atoms with Gasteiger partial charge in [0.2, 0.25) is 0 Å². The lowest BCUT2D eigenvalue weighted by Crippen LogP contribution is -2.39. The third kappa shape index (κ3) is 3.33. The van der Waals surface area contributed by atoms with Crippen LogP contribution in [-0.2, 0) is 6.54 Å². The first-order valence-electron chi connectivity index (χ1n) is 7.28. The summed E-state index contributed by atoms with van der Waals surface area (Å²) in [6.07, 6.45) is 2.14. The van der Waals surface area contributed by atoms with Crippen LogP contribution in [0, 0.1) is 6.92 Å². The van der Waals surface area contributed by atoms with Gasteiger partial charge >= 0.3 is 0 Å². The first-order chi connectivity index (χ1) is 10.1. The molecule has 0 aliphatic carbocycles. The molecular weight excluding hydrogens is 330 g/mol. The fourth-order valence-electron chi connectivity index (χ4n) is 2.66. The summed E-state index contributed by atoms with van der Waals surface area (Å²) < 4.78 is 2.96. The zero-order valence-corrected chi connectivity index (χ0v) is 13.8. The summed E-state index contributed by atoms with van der Waals surface area (Å²) in [4.78, 5) is 2.41. The Hall–Kier alpha value is -1.24. The summed E-state index contributed by atoms with van der Waals surface area (Å²) in [6.45, 7) is 5.03. The molecule has 1 fully saturated rings. The molecule has 0 radical (unpaired) electrons. The summed E-state index contributed by atoms with van der Waals surface area (Å²) in [5.74, 6) is 0. The molecule has 0 unspecified atom stereocenters. The number of hydrogen-bond acceptors (Lipinski definition) is 4. The highest BCUT2D eigenvalue weighted by Gasteiger charge is 2.19. The normalized spacial score (nSPS) is 17.3. The number of rotatable bonds is 3. The molecule has 2 heterocycles. The van der Waals surface area contributed by atoms with Crippen LogP contribution in [-0.4, -0.2) is 39.0 Å². The Balaban J connectivity index is 1.75. The number of hydrogen-bond donors (Lipinski definition) is 1. The fraction of sp³-hybridized carbons (Fsp3) is 0.467. The van der Waals surface area contributed by atoms with E-state index in [1.807, 2.05) is 28.9 Å². The summed E-state index contributed by atoms with van der Waals surface area (Å²) in [5.41, 5.74) is 9.14. The predicted octanol–water partition coefficient (Wildman–Crippen LogP) is 2.26. The minimum absolute atomic E-state index is 0.362. The van der Waals surface area contributed by atoms with Crippen LogP contribution in [0.3, 0.4) is 0 Å². The Morgan fingerprint density at radius 2 is 1.90 bits per heavy atom. The molecule has 0 bridgehead atoms. The lowest BCUT2D eigenvalue weighted by Gasteiger charge is -2.29. The van der Waals surface area contributed by atoms with Crippen molar-refractivity contribution in [2.75, 3.05) is 13.1 Å². The van der Waals surface area contributed by atoms with E-state index in [0.29, 0.717) is 6.04 Å². The van der Waals surface area contributed by atoms with E-state index in [4.69, 9.17) is 5.73 Å². The molecule has 1 aliphatic heterocycles. The summed E-state index contributed by atoms with van der Waals surface area (Å²) in [6, 6.07) is 8.47. The fourth-order valence-corrected chi connectivity index (χ4v) is 2.92. The monoisotopic (exact) mass is 349 g/mol. The Labute approximate surface area is 133 Å². The van der Waals surface area contributed by atoms with Gasteiger partial charge < -0.3 is 5.73 Å².